The summed E-state index contributed by atoms with van der Waals surface area (Å²) in [6.07, 6.45) is 7.29. The molecule has 1 aliphatic rings. The van der Waals surface area contributed by atoms with Crippen molar-refractivity contribution in [3.63, 3.8) is 0 Å². The van der Waals surface area contributed by atoms with Crippen LogP contribution in [0.5, 0.6) is 0 Å². The van der Waals surface area contributed by atoms with E-state index in [9.17, 15) is 0 Å². The van der Waals surface area contributed by atoms with Gasteiger partial charge in [0.1, 0.15) is 0 Å². The summed E-state index contributed by atoms with van der Waals surface area (Å²) in [7, 11) is 2.08. The first-order chi connectivity index (χ1) is 9.04. The fraction of sp³-hybridized carbons (Fsp3) is 0.800. The van der Waals surface area contributed by atoms with Gasteiger partial charge in [-0.2, -0.15) is 5.10 Å². The normalized spacial score (nSPS) is 25.8. The number of hydrogen-bond donors (Lipinski definition) is 1. The van der Waals surface area contributed by atoms with E-state index in [1.54, 1.807) is 0 Å². The first-order valence-corrected chi connectivity index (χ1v) is 8.24. The Morgan fingerprint density at radius 2 is 1.95 bits per heavy atom. The summed E-state index contributed by atoms with van der Waals surface area (Å²) in [5, 5.41) is 8.06. The third-order valence-corrected chi connectivity index (χ3v) is 5.02. The van der Waals surface area contributed by atoms with E-state index in [0.29, 0.717) is 12.1 Å². The van der Waals surface area contributed by atoms with Gasteiger partial charge in [0.25, 0.3) is 0 Å². The van der Waals surface area contributed by atoms with E-state index in [0.717, 1.165) is 16.3 Å². The fourth-order valence-electron chi connectivity index (χ4n) is 3.27. The summed E-state index contributed by atoms with van der Waals surface area (Å²) < 4.78 is 3.29. The number of rotatable bonds is 4. The summed E-state index contributed by atoms with van der Waals surface area (Å²) in [5.74, 6) is 1.62. The Morgan fingerprint density at radius 1 is 1.32 bits per heavy atom. The van der Waals surface area contributed by atoms with Crippen LogP contribution in [0.1, 0.15) is 64.2 Å². The van der Waals surface area contributed by atoms with Gasteiger partial charge in [-0.25, -0.2) is 0 Å². The predicted octanol–water partition coefficient (Wildman–Crippen LogP) is 4.31. The Morgan fingerprint density at radius 3 is 2.47 bits per heavy atom. The second-order valence-corrected chi connectivity index (χ2v) is 7.06. The Hall–Kier alpha value is -0.350. The maximum absolute atomic E-state index is 4.52. The van der Waals surface area contributed by atoms with Crippen LogP contribution >= 0.6 is 15.9 Å². The highest BCUT2D eigenvalue weighted by Gasteiger charge is 2.30. The zero-order valence-electron chi connectivity index (χ0n) is 12.5. The molecule has 4 heteroatoms. The zero-order chi connectivity index (χ0) is 14.0. The molecule has 19 heavy (non-hydrogen) atoms. The van der Waals surface area contributed by atoms with E-state index in [4.69, 9.17) is 0 Å². The third kappa shape index (κ3) is 3.22. The minimum Gasteiger partial charge on any atom is -0.311 e. The van der Waals surface area contributed by atoms with Crippen molar-refractivity contribution in [3.05, 3.63) is 16.4 Å². The topological polar surface area (TPSA) is 29.9 Å². The molecule has 1 heterocycles. The Labute approximate surface area is 125 Å². The predicted molar refractivity (Wildman–Crippen MR) is 83.2 cm³/mol. The minimum atomic E-state index is 0.402. The van der Waals surface area contributed by atoms with Gasteiger partial charge in [0.2, 0.25) is 0 Å². The van der Waals surface area contributed by atoms with Gasteiger partial charge in [-0.3, -0.25) is 4.68 Å². The number of halogens is 1. The smallest absolute Gasteiger partial charge is 0.0701 e. The molecule has 1 aliphatic carbocycles. The minimum absolute atomic E-state index is 0.402. The molecule has 2 rings (SSSR count). The molecule has 0 amide bonds. The van der Waals surface area contributed by atoms with Crippen molar-refractivity contribution in [2.24, 2.45) is 11.8 Å². The molecule has 3 nitrogen and oxygen atoms in total. The number of hydrogen-bond acceptors (Lipinski definition) is 2. The van der Waals surface area contributed by atoms with Crippen molar-refractivity contribution in [1.82, 2.24) is 15.1 Å². The van der Waals surface area contributed by atoms with Crippen molar-refractivity contribution >= 4 is 15.9 Å². The quantitative estimate of drug-likeness (QED) is 0.892. The molecule has 1 aromatic heterocycles. The van der Waals surface area contributed by atoms with Crippen molar-refractivity contribution in [3.8, 4) is 0 Å². The van der Waals surface area contributed by atoms with Gasteiger partial charge < -0.3 is 5.32 Å². The van der Waals surface area contributed by atoms with Crippen LogP contribution < -0.4 is 5.32 Å². The molecule has 0 radical (unpaired) electrons. The second-order valence-electron chi connectivity index (χ2n) is 6.20. The molecule has 0 aliphatic heterocycles. The van der Waals surface area contributed by atoms with Gasteiger partial charge in [0.15, 0.2) is 0 Å². The summed E-state index contributed by atoms with van der Waals surface area (Å²) in [4.78, 5) is 0. The van der Waals surface area contributed by atoms with Crippen LogP contribution in [-0.4, -0.2) is 16.8 Å². The fourth-order valence-corrected chi connectivity index (χ4v) is 3.79. The number of nitrogens with one attached hydrogen (secondary N) is 1. The molecule has 0 saturated heterocycles. The summed E-state index contributed by atoms with van der Waals surface area (Å²) >= 11 is 3.68. The van der Waals surface area contributed by atoms with Gasteiger partial charge in [0, 0.05) is 6.04 Å². The van der Waals surface area contributed by atoms with E-state index in [2.05, 4.69) is 58.8 Å². The third-order valence-electron chi connectivity index (χ3n) is 4.41. The molecule has 1 atom stereocenters. The van der Waals surface area contributed by atoms with E-state index in [-0.39, 0.29) is 0 Å². The molecule has 1 saturated carbocycles. The lowest BCUT2D eigenvalue weighted by molar-refractivity contribution is 0.228. The summed E-state index contributed by atoms with van der Waals surface area (Å²) in [6, 6.07) is 0.812. The van der Waals surface area contributed by atoms with E-state index < -0.39 is 0 Å². The Balaban J connectivity index is 2.24. The maximum Gasteiger partial charge on any atom is 0.0701 e. The van der Waals surface area contributed by atoms with Gasteiger partial charge in [0.05, 0.1) is 22.4 Å². The van der Waals surface area contributed by atoms with Crippen LogP contribution in [0, 0.1) is 11.8 Å². The Kier molecular flexibility index (Phi) is 5.07. The molecular weight excluding hydrogens is 302 g/mol. The average Bonchev–Trinajstić information content (AvgIpc) is 2.75. The van der Waals surface area contributed by atoms with Gasteiger partial charge >= 0.3 is 0 Å². The van der Waals surface area contributed by atoms with Crippen LogP contribution in [0.25, 0.3) is 0 Å². The standard InChI is InChI=1S/C15H26BrN3/c1-10(2)19-15(13(16)9-18-19)14(17-4)12-7-5-11(3)6-8-12/h9-12,14,17H,5-8H2,1-4H3. The molecule has 0 spiro atoms. The van der Waals surface area contributed by atoms with Crippen LogP contribution in [0.4, 0.5) is 0 Å². The van der Waals surface area contributed by atoms with E-state index >= 15 is 0 Å². The molecule has 108 valence electrons. The molecule has 1 N–H and O–H groups in total. The molecule has 1 aromatic rings. The van der Waals surface area contributed by atoms with Crippen LogP contribution in [0.15, 0.2) is 10.7 Å². The molecule has 1 unspecified atom stereocenters. The van der Waals surface area contributed by atoms with E-state index in [1.807, 2.05) is 6.20 Å². The monoisotopic (exact) mass is 327 g/mol. The first kappa shape index (κ1) is 15.0. The maximum atomic E-state index is 4.52. The summed E-state index contributed by atoms with van der Waals surface area (Å²) in [6.45, 7) is 6.76. The zero-order valence-corrected chi connectivity index (χ0v) is 14.1. The van der Waals surface area contributed by atoms with Crippen LogP contribution in [-0.2, 0) is 0 Å². The van der Waals surface area contributed by atoms with Crippen LogP contribution in [0.3, 0.4) is 0 Å². The first-order valence-electron chi connectivity index (χ1n) is 7.44. The van der Waals surface area contributed by atoms with Crippen molar-refractivity contribution in [2.45, 2.75) is 58.5 Å². The molecule has 0 bridgehead atoms. The molecule has 1 fully saturated rings. The lowest BCUT2D eigenvalue weighted by atomic mass is 9.78. The highest BCUT2D eigenvalue weighted by Crippen LogP contribution is 2.39. The highest BCUT2D eigenvalue weighted by atomic mass is 79.9. The van der Waals surface area contributed by atoms with Gasteiger partial charge in [-0.15, -0.1) is 0 Å². The van der Waals surface area contributed by atoms with Gasteiger partial charge in [-0.05, 0) is 61.5 Å². The van der Waals surface area contributed by atoms with Crippen molar-refractivity contribution < 1.29 is 0 Å². The van der Waals surface area contributed by atoms with Crippen LogP contribution in [0.2, 0.25) is 0 Å². The lowest BCUT2D eigenvalue weighted by Crippen LogP contribution is -2.31. The number of aromatic nitrogens is 2. The van der Waals surface area contributed by atoms with Crippen molar-refractivity contribution in [1.29, 1.82) is 0 Å². The molecule has 0 aromatic carbocycles. The summed E-state index contributed by atoms with van der Waals surface area (Å²) in [5.41, 5.74) is 1.32. The number of nitrogens with zero attached hydrogens (tertiary/aromatic N) is 2. The molecular formula is C15H26BrN3. The lowest BCUT2D eigenvalue weighted by Gasteiger charge is -2.33. The average molecular weight is 328 g/mol. The SMILES string of the molecule is CNC(c1c(Br)cnn1C(C)C)C1CCC(C)CC1. The van der Waals surface area contributed by atoms with Crippen molar-refractivity contribution in [2.75, 3.05) is 7.05 Å². The Bertz CT molecular complexity index is 406. The van der Waals surface area contributed by atoms with E-state index in [1.165, 1.54) is 31.4 Å². The van der Waals surface area contributed by atoms with Gasteiger partial charge in [-0.1, -0.05) is 19.8 Å². The highest BCUT2D eigenvalue weighted by molar-refractivity contribution is 9.10. The largest absolute Gasteiger partial charge is 0.311 e. The second kappa shape index (κ2) is 6.40.